The second-order valence-electron chi connectivity index (χ2n) is 6.95. The maximum absolute atomic E-state index is 5.23. The minimum atomic E-state index is 0.739. The molecule has 2 heterocycles. The topological polar surface area (TPSA) is 24.5 Å². The molecule has 1 aromatic rings. The molecule has 2 atom stereocenters. The molecule has 21 heavy (non-hydrogen) atoms. The van der Waals surface area contributed by atoms with Crippen molar-refractivity contribution in [3.8, 4) is 5.75 Å². The molecule has 2 saturated heterocycles. The third-order valence-electron chi connectivity index (χ3n) is 5.78. The lowest BCUT2D eigenvalue weighted by Crippen LogP contribution is -2.49. The summed E-state index contributed by atoms with van der Waals surface area (Å²) in [6, 6.07) is 11.0. The molecule has 4 rings (SSSR count). The molecule has 0 aromatic heterocycles. The van der Waals surface area contributed by atoms with Crippen LogP contribution in [0.3, 0.4) is 0 Å². The van der Waals surface area contributed by atoms with Gasteiger partial charge in [0.15, 0.2) is 0 Å². The number of ether oxygens (including phenoxy) is 1. The van der Waals surface area contributed by atoms with E-state index in [-0.39, 0.29) is 0 Å². The van der Waals surface area contributed by atoms with Gasteiger partial charge in [0.2, 0.25) is 0 Å². The van der Waals surface area contributed by atoms with E-state index in [2.05, 4.69) is 34.5 Å². The van der Waals surface area contributed by atoms with E-state index in [4.69, 9.17) is 4.74 Å². The SMILES string of the molecule is COc1ccc(C2CC(NC3CCN4CCCC34)C2)cc1. The van der Waals surface area contributed by atoms with E-state index in [0.717, 1.165) is 29.8 Å². The standard InChI is InChI=1S/C18H26N2O/c1-21-16-6-4-13(5-7-16)14-11-15(12-14)19-17-8-10-20-9-2-3-18(17)20/h4-7,14-15,17-19H,2-3,8-12H2,1H3. The first-order valence-corrected chi connectivity index (χ1v) is 8.47. The molecule has 3 aliphatic rings. The minimum Gasteiger partial charge on any atom is -0.497 e. The van der Waals surface area contributed by atoms with Crippen molar-refractivity contribution in [3.63, 3.8) is 0 Å². The second kappa shape index (κ2) is 5.62. The summed E-state index contributed by atoms with van der Waals surface area (Å²) < 4.78 is 5.23. The van der Waals surface area contributed by atoms with Crippen LogP contribution in [0.25, 0.3) is 0 Å². The molecule has 0 bridgehead atoms. The van der Waals surface area contributed by atoms with E-state index < -0.39 is 0 Å². The summed E-state index contributed by atoms with van der Waals surface area (Å²) in [5.74, 6) is 1.70. The predicted octanol–water partition coefficient (Wildman–Crippen LogP) is 2.77. The van der Waals surface area contributed by atoms with Crippen molar-refractivity contribution >= 4 is 0 Å². The van der Waals surface area contributed by atoms with Crippen molar-refractivity contribution in [1.29, 1.82) is 0 Å². The molecule has 1 aliphatic carbocycles. The highest BCUT2D eigenvalue weighted by Crippen LogP contribution is 2.39. The molecule has 0 spiro atoms. The summed E-state index contributed by atoms with van der Waals surface area (Å²) in [6.45, 7) is 2.65. The molecule has 1 aromatic carbocycles. The highest BCUT2D eigenvalue weighted by Gasteiger charge is 2.40. The number of hydrogen-bond donors (Lipinski definition) is 1. The first kappa shape index (κ1) is 13.6. The summed E-state index contributed by atoms with van der Waals surface area (Å²) in [5, 5.41) is 3.94. The fourth-order valence-corrected chi connectivity index (χ4v) is 4.48. The summed E-state index contributed by atoms with van der Waals surface area (Å²) in [4.78, 5) is 2.69. The maximum Gasteiger partial charge on any atom is 0.118 e. The van der Waals surface area contributed by atoms with Gasteiger partial charge in [-0.3, -0.25) is 4.90 Å². The number of methoxy groups -OCH3 is 1. The van der Waals surface area contributed by atoms with Crippen LogP contribution in [0.2, 0.25) is 0 Å². The van der Waals surface area contributed by atoms with Crippen molar-refractivity contribution in [2.24, 2.45) is 0 Å². The Balaban J connectivity index is 1.29. The Labute approximate surface area is 127 Å². The zero-order valence-corrected chi connectivity index (χ0v) is 12.9. The number of benzene rings is 1. The fourth-order valence-electron chi connectivity index (χ4n) is 4.48. The zero-order chi connectivity index (χ0) is 14.2. The molecule has 3 nitrogen and oxygen atoms in total. The summed E-state index contributed by atoms with van der Waals surface area (Å²) in [5.41, 5.74) is 1.47. The van der Waals surface area contributed by atoms with Gasteiger partial charge in [0.1, 0.15) is 5.75 Å². The van der Waals surface area contributed by atoms with Crippen LogP contribution < -0.4 is 10.1 Å². The van der Waals surface area contributed by atoms with Gasteiger partial charge in [0.25, 0.3) is 0 Å². The Kier molecular flexibility index (Phi) is 3.64. The minimum absolute atomic E-state index is 0.739. The van der Waals surface area contributed by atoms with E-state index in [1.54, 1.807) is 7.11 Å². The molecular formula is C18H26N2O. The van der Waals surface area contributed by atoms with Crippen LogP contribution in [-0.4, -0.2) is 43.2 Å². The Hall–Kier alpha value is -1.06. The van der Waals surface area contributed by atoms with Crippen LogP contribution in [0.5, 0.6) is 5.75 Å². The average molecular weight is 286 g/mol. The van der Waals surface area contributed by atoms with Gasteiger partial charge in [-0.05, 0) is 62.3 Å². The Morgan fingerprint density at radius 3 is 2.67 bits per heavy atom. The summed E-state index contributed by atoms with van der Waals surface area (Å²) in [6.07, 6.45) is 6.77. The lowest BCUT2D eigenvalue weighted by molar-refractivity contribution is 0.234. The smallest absolute Gasteiger partial charge is 0.118 e. The monoisotopic (exact) mass is 286 g/mol. The van der Waals surface area contributed by atoms with Crippen molar-refractivity contribution in [2.45, 2.75) is 56.1 Å². The van der Waals surface area contributed by atoms with E-state index in [1.807, 2.05) is 0 Å². The Morgan fingerprint density at radius 2 is 1.90 bits per heavy atom. The molecule has 3 fully saturated rings. The maximum atomic E-state index is 5.23. The van der Waals surface area contributed by atoms with E-state index in [1.165, 1.54) is 50.8 Å². The van der Waals surface area contributed by atoms with E-state index in [9.17, 15) is 0 Å². The van der Waals surface area contributed by atoms with Crippen LogP contribution in [0.4, 0.5) is 0 Å². The largest absolute Gasteiger partial charge is 0.497 e. The van der Waals surface area contributed by atoms with Crippen molar-refractivity contribution in [2.75, 3.05) is 20.2 Å². The summed E-state index contributed by atoms with van der Waals surface area (Å²) >= 11 is 0. The van der Waals surface area contributed by atoms with Crippen molar-refractivity contribution in [3.05, 3.63) is 29.8 Å². The first-order chi connectivity index (χ1) is 10.3. The van der Waals surface area contributed by atoms with Gasteiger partial charge >= 0.3 is 0 Å². The number of hydrogen-bond acceptors (Lipinski definition) is 3. The second-order valence-corrected chi connectivity index (χ2v) is 6.95. The van der Waals surface area contributed by atoms with Gasteiger partial charge in [-0.2, -0.15) is 0 Å². The molecular weight excluding hydrogens is 260 g/mol. The highest BCUT2D eigenvalue weighted by molar-refractivity contribution is 5.31. The molecule has 0 radical (unpaired) electrons. The fraction of sp³-hybridized carbons (Fsp3) is 0.667. The van der Waals surface area contributed by atoms with E-state index in [0.29, 0.717) is 0 Å². The number of rotatable bonds is 4. The van der Waals surface area contributed by atoms with Gasteiger partial charge < -0.3 is 10.1 Å². The van der Waals surface area contributed by atoms with Crippen molar-refractivity contribution in [1.82, 2.24) is 10.2 Å². The zero-order valence-electron chi connectivity index (χ0n) is 12.9. The lowest BCUT2D eigenvalue weighted by atomic mass is 9.75. The summed E-state index contributed by atoms with van der Waals surface area (Å²) in [7, 11) is 1.73. The normalized spacial score (nSPS) is 35.5. The number of nitrogens with one attached hydrogen (secondary N) is 1. The first-order valence-electron chi connectivity index (χ1n) is 8.47. The van der Waals surface area contributed by atoms with Crippen molar-refractivity contribution < 1.29 is 4.74 Å². The third-order valence-corrected chi connectivity index (χ3v) is 5.78. The van der Waals surface area contributed by atoms with Gasteiger partial charge in [-0.15, -0.1) is 0 Å². The number of fused-ring (bicyclic) bond motifs is 1. The van der Waals surface area contributed by atoms with Crippen LogP contribution in [0.15, 0.2) is 24.3 Å². The van der Waals surface area contributed by atoms with Crippen LogP contribution in [0.1, 0.15) is 43.6 Å². The van der Waals surface area contributed by atoms with Gasteiger partial charge in [0, 0.05) is 24.7 Å². The molecule has 1 saturated carbocycles. The van der Waals surface area contributed by atoms with Gasteiger partial charge in [0.05, 0.1) is 7.11 Å². The molecule has 2 unspecified atom stereocenters. The van der Waals surface area contributed by atoms with Gasteiger partial charge in [-0.25, -0.2) is 0 Å². The highest BCUT2D eigenvalue weighted by atomic mass is 16.5. The van der Waals surface area contributed by atoms with E-state index >= 15 is 0 Å². The average Bonchev–Trinajstić information content (AvgIpc) is 3.07. The molecule has 2 aliphatic heterocycles. The lowest BCUT2D eigenvalue weighted by Gasteiger charge is -2.39. The molecule has 0 amide bonds. The Bertz CT molecular complexity index is 480. The third kappa shape index (κ3) is 2.58. The van der Waals surface area contributed by atoms with Crippen LogP contribution in [0, 0.1) is 0 Å². The quantitative estimate of drug-likeness (QED) is 0.921. The number of nitrogens with zero attached hydrogens (tertiary/aromatic N) is 1. The molecule has 1 N–H and O–H groups in total. The predicted molar refractivity (Wildman–Crippen MR) is 84.9 cm³/mol. The molecule has 114 valence electrons. The van der Waals surface area contributed by atoms with Crippen LogP contribution >= 0.6 is 0 Å². The van der Waals surface area contributed by atoms with Gasteiger partial charge in [-0.1, -0.05) is 12.1 Å². The van der Waals surface area contributed by atoms with Crippen LogP contribution in [-0.2, 0) is 0 Å². The molecule has 3 heteroatoms. The Morgan fingerprint density at radius 1 is 1.10 bits per heavy atom.